The molecular formula is C39H36BrNO7. The quantitative estimate of drug-likeness (QED) is 0.105. The van der Waals surface area contributed by atoms with Gasteiger partial charge in [-0.05, 0) is 78.1 Å². The van der Waals surface area contributed by atoms with E-state index in [9.17, 15) is 14.7 Å². The summed E-state index contributed by atoms with van der Waals surface area (Å²) in [6, 6.07) is 34.9. The number of carbonyl (C=O) groups excluding carboxylic acids is 1. The van der Waals surface area contributed by atoms with Gasteiger partial charge in [0.15, 0.2) is 11.5 Å². The van der Waals surface area contributed by atoms with Gasteiger partial charge in [0.25, 0.3) is 5.91 Å². The van der Waals surface area contributed by atoms with Crippen molar-refractivity contribution in [2.75, 3.05) is 20.8 Å². The van der Waals surface area contributed by atoms with Gasteiger partial charge in [-0.3, -0.25) is 9.59 Å². The summed E-state index contributed by atoms with van der Waals surface area (Å²) < 4.78 is 23.6. The van der Waals surface area contributed by atoms with Crippen LogP contribution in [0.15, 0.2) is 120 Å². The molecule has 1 unspecified atom stereocenters. The van der Waals surface area contributed by atoms with E-state index in [1.807, 2.05) is 97.1 Å². The highest BCUT2D eigenvalue weighted by Gasteiger charge is 2.22. The zero-order valence-electron chi connectivity index (χ0n) is 26.7. The molecule has 0 aromatic heterocycles. The zero-order valence-corrected chi connectivity index (χ0v) is 28.2. The number of halogens is 1. The molecule has 2 N–H and O–H groups in total. The average Bonchev–Trinajstić information content (AvgIpc) is 3.10. The van der Waals surface area contributed by atoms with Crippen molar-refractivity contribution in [3.05, 3.63) is 136 Å². The molecule has 9 heteroatoms. The monoisotopic (exact) mass is 709 g/mol. The highest BCUT2D eigenvalue weighted by molar-refractivity contribution is 9.10. The Kier molecular flexibility index (Phi) is 11.7. The summed E-state index contributed by atoms with van der Waals surface area (Å²) in [5.74, 6) is 1.67. The van der Waals surface area contributed by atoms with Crippen molar-refractivity contribution < 1.29 is 33.6 Å². The molecule has 8 nitrogen and oxygen atoms in total. The van der Waals surface area contributed by atoms with Gasteiger partial charge in [-0.1, -0.05) is 82.7 Å². The molecule has 5 rings (SSSR count). The summed E-state index contributed by atoms with van der Waals surface area (Å²) >= 11 is 3.45. The second kappa shape index (κ2) is 16.5. The molecule has 0 aliphatic heterocycles. The largest absolute Gasteiger partial charge is 0.493 e. The molecule has 1 atom stereocenters. The number of carboxylic acid groups (broad SMARTS) is 1. The number of para-hydroxylation sites is 2. The number of nitrogens with one attached hydrogen (secondary N) is 1. The molecular weight excluding hydrogens is 674 g/mol. The fourth-order valence-corrected chi connectivity index (χ4v) is 5.63. The highest BCUT2D eigenvalue weighted by Crippen LogP contribution is 2.34. The first-order valence-corrected chi connectivity index (χ1v) is 16.2. The van der Waals surface area contributed by atoms with Crippen LogP contribution in [-0.4, -0.2) is 37.8 Å². The zero-order chi connectivity index (χ0) is 33.9. The van der Waals surface area contributed by atoms with Crippen LogP contribution in [0.5, 0.6) is 28.7 Å². The van der Waals surface area contributed by atoms with Gasteiger partial charge in [0.2, 0.25) is 0 Å². The smallest absolute Gasteiger partial charge is 0.305 e. The van der Waals surface area contributed by atoms with Crippen LogP contribution in [0.1, 0.15) is 40.4 Å². The maximum absolute atomic E-state index is 13.6. The summed E-state index contributed by atoms with van der Waals surface area (Å²) in [5.41, 5.74) is 3.80. The fraction of sp³-hybridized carbons (Fsp3) is 0.179. The Hall–Kier alpha value is -5.28. The normalized spacial score (nSPS) is 11.3. The van der Waals surface area contributed by atoms with Crippen molar-refractivity contribution in [1.29, 1.82) is 0 Å². The van der Waals surface area contributed by atoms with Gasteiger partial charge in [0, 0.05) is 10.0 Å². The molecule has 0 fully saturated rings. The number of hydrogen-bond donors (Lipinski definition) is 2. The van der Waals surface area contributed by atoms with Crippen molar-refractivity contribution in [2.24, 2.45) is 0 Å². The number of benzene rings is 5. The molecule has 0 spiro atoms. The molecule has 5 aromatic rings. The van der Waals surface area contributed by atoms with Gasteiger partial charge >= 0.3 is 5.97 Å². The number of aliphatic carboxylic acids is 1. The Morgan fingerprint density at radius 2 is 1.48 bits per heavy atom. The molecule has 0 aliphatic rings. The molecule has 0 radical (unpaired) electrons. The Balaban J connectivity index is 1.28. The number of amides is 1. The SMILES string of the molecule is COc1ccc(CCCOc2ccc(Br)cc2C(=O)NC(CC(=O)O)c2ccc(-c3ccccc3Oc3ccccc3)cc2)cc1OC. The molecule has 48 heavy (non-hydrogen) atoms. The number of hydrogen-bond acceptors (Lipinski definition) is 6. The van der Waals surface area contributed by atoms with E-state index in [0.717, 1.165) is 28.9 Å². The lowest BCUT2D eigenvalue weighted by Gasteiger charge is -2.20. The number of carbonyl (C=O) groups is 2. The minimum Gasteiger partial charge on any atom is -0.493 e. The molecule has 0 bridgehead atoms. The number of carboxylic acids is 1. The van der Waals surface area contributed by atoms with Crippen LogP contribution in [0.2, 0.25) is 0 Å². The van der Waals surface area contributed by atoms with Crippen LogP contribution >= 0.6 is 15.9 Å². The molecule has 5 aromatic carbocycles. The van der Waals surface area contributed by atoms with Gasteiger partial charge in [-0.15, -0.1) is 0 Å². The Labute approximate surface area is 288 Å². The van der Waals surface area contributed by atoms with Crippen molar-refractivity contribution in [3.63, 3.8) is 0 Å². The number of methoxy groups -OCH3 is 2. The van der Waals surface area contributed by atoms with Crippen molar-refractivity contribution in [3.8, 4) is 39.9 Å². The predicted octanol–water partition coefficient (Wildman–Crippen LogP) is 8.88. The molecule has 0 heterocycles. The first-order chi connectivity index (χ1) is 23.3. The van der Waals surface area contributed by atoms with Gasteiger partial charge in [0.05, 0.1) is 38.9 Å². The second-order valence-corrected chi connectivity index (χ2v) is 11.9. The van der Waals surface area contributed by atoms with Crippen LogP contribution in [0.4, 0.5) is 0 Å². The summed E-state index contributed by atoms with van der Waals surface area (Å²) in [6.45, 7) is 0.367. The van der Waals surface area contributed by atoms with Gasteiger partial charge in [0.1, 0.15) is 17.2 Å². The lowest BCUT2D eigenvalue weighted by Crippen LogP contribution is -2.30. The summed E-state index contributed by atoms with van der Waals surface area (Å²) in [7, 11) is 3.20. The van der Waals surface area contributed by atoms with Crippen LogP contribution in [-0.2, 0) is 11.2 Å². The summed E-state index contributed by atoms with van der Waals surface area (Å²) in [4.78, 5) is 25.5. The predicted molar refractivity (Wildman–Crippen MR) is 188 cm³/mol. The third-order valence-electron chi connectivity index (χ3n) is 7.67. The number of rotatable bonds is 15. The van der Waals surface area contributed by atoms with Crippen LogP contribution in [0, 0.1) is 0 Å². The number of ether oxygens (including phenoxy) is 4. The van der Waals surface area contributed by atoms with Gasteiger partial charge in [-0.25, -0.2) is 0 Å². The van der Waals surface area contributed by atoms with E-state index in [2.05, 4.69) is 21.2 Å². The third kappa shape index (κ3) is 8.95. The molecule has 0 saturated carbocycles. The van der Waals surface area contributed by atoms with E-state index in [-0.39, 0.29) is 6.42 Å². The minimum atomic E-state index is -1.04. The second-order valence-electron chi connectivity index (χ2n) is 10.9. The standard InChI is InChI=1S/C39H36BrNO7/c1-45-36-20-14-26(23-37(36)46-2)9-8-22-47-34-21-19-29(40)24-32(34)39(44)41-33(25-38(42)43)28-17-15-27(16-18-28)31-12-6-7-13-35(31)48-30-10-4-3-5-11-30/h3-7,10-21,23-24,33H,8-9,22,25H2,1-2H3,(H,41,44)(H,42,43). The molecule has 0 saturated heterocycles. The Morgan fingerprint density at radius 1 is 0.771 bits per heavy atom. The van der Waals surface area contributed by atoms with Crippen LogP contribution < -0.4 is 24.3 Å². The first-order valence-electron chi connectivity index (χ1n) is 15.4. The highest BCUT2D eigenvalue weighted by atomic mass is 79.9. The fourth-order valence-electron chi connectivity index (χ4n) is 5.27. The van der Waals surface area contributed by atoms with Gasteiger partial charge < -0.3 is 29.4 Å². The topological polar surface area (TPSA) is 103 Å². The van der Waals surface area contributed by atoms with Gasteiger partial charge in [-0.2, -0.15) is 0 Å². The maximum atomic E-state index is 13.6. The summed E-state index contributed by atoms with van der Waals surface area (Å²) in [6.07, 6.45) is 1.13. The van der Waals surface area contributed by atoms with E-state index >= 15 is 0 Å². The van der Waals surface area contributed by atoms with E-state index in [1.54, 1.807) is 32.4 Å². The molecule has 0 aliphatic carbocycles. The molecule has 246 valence electrons. The van der Waals surface area contributed by atoms with Crippen LogP contribution in [0.25, 0.3) is 11.1 Å². The Morgan fingerprint density at radius 3 is 2.21 bits per heavy atom. The van der Waals surface area contributed by atoms with Crippen molar-refractivity contribution >= 4 is 27.8 Å². The van der Waals surface area contributed by atoms with E-state index in [0.29, 0.717) is 51.6 Å². The summed E-state index contributed by atoms with van der Waals surface area (Å²) in [5, 5.41) is 12.6. The van der Waals surface area contributed by atoms with Crippen molar-refractivity contribution in [1.82, 2.24) is 5.32 Å². The third-order valence-corrected chi connectivity index (χ3v) is 8.16. The average molecular weight is 711 g/mol. The van der Waals surface area contributed by atoms with Crippen molar-refractivity contribution in [2.45, 2.75) is 25.3 Å². The Bertz CT molecular complexity index is 1840. The van der Waals surface area contributed by atoms with E-state index < -0.39 is 17.9 Å². The first kappa shape index (κ1) is 34.1. The number of aryl methyl sites for hydroxylation is 1. The molecule has 1 amide bonds. The minimum absolute atomic E-state index is 0.297. The lowest BCUT2D eigenvalue weighted by atomic mass is 9.98. The van der Waals surface area contributed by atoms with Crippen LogP contribution in [0.3, 0.4) is 0 Å². The van der Waals surface area contributed by atoms with E-state index in [4.69, 9.17) is 18.9 Å². The van der Waals surface area contributed by atoms with E-state index in [1.165, 1.54) is 0 Å². The maximum Gasteiger partial charge on any atom is 0.305 e. The lowest BCUT2D eigenvalue weighted by molar-refractivity contribution is -0.137.